The summed E-state index contributed by atoms with van der Waals surface area (Å²) in [5.41, 5.74) is -5.29. The van der Waals surface area contributed by atoms with Crippen LogP contribution in [-0.4, -0.2) is 36.3 Å². The van der Waals surface area contributed by atoms with Crippen molar-refractivity contribution in [2.45, 2.75) is 76.9 Å². The number of amides is 2. The molecule has 2 aromatic rings. The summed E-state index contributed by atoms with van der Waals surface area (Å²) in [6.45, 7) is 3.88. The number of alkyl halides is 9. The van der Waals surface area contributed by atoms with Gasteiger partial charge in [0.1, 0.15) is 0 Å². The van der Waals surface area contributed by atoms with Crippen molar-refractivity contribution in [2.24, 2.45) is 0 Å². The number of rotatable bonds is 5. The lowest BCUT2D eigenvalue weighted by molar-refractivity contribution is -0.143. The molecule has 3 rings (SSSR count). The summed E-state index contributed by atoms with van der Waals surface area (Å²) < 4.78 is 132. The Hall–Kier alpha value is -3.65. The van der Waals surface area contributed by atoms with E-state index < -0.39 is 77.7 Å². The molecule has 2 amide bonds. The Balaban J connectivity index is 2.23. The van der Waals surface area contributed by atoms with Crippen LogP contribution in [0.15, 0.2) is 36.4 Å². The summed E-state index contributed by atoms with van der Waals surface area (Å²) in [6.07, 6.45) is -17.9. The van der Waals surface area contributed by atoms with Gasteiger partial charge in [-0.2, -0.15) is 39.5 Å². The lowest BCUT2D eigenvalue weighted by Gasteiger charge is -2.44. The van der Waals surface area contributed by atoms with Crippen LogP contribution in [0.5, 0.6) is 0 Å². The molecule has 0 saturated carbocycles. The lowest BCUT2D eigenvalue weighted by atomic mass is 9.87. The van der Waals surface area contributed by atoms with E-state index in [1.165, 1.54) is 0 Å². The van der Waals surface area contributed by atoms with Crippen LogP contribution < -0.4 is 4.90 Å². The minimum absolute atomic E-state index is 0.0642. The van der Waals surface area contributed by atoms with E-state index in [0.717, 1.165) is 23.0 Å². The van der Waals surface area contributed by atoms with Crippen LogP contribution in [-0.2, 0) is 34.5 Å². The van der Waals surface area contributed by atoms with Crippen LogP contribution in [0, 0.1) is 0 Å². The molecule has 0 bridgehead atoms. The summed E-state index contributed by atoms with van der Waals surface area (Å²) in [5.74, 6) is 0. The molecule has 0 N–H and O–H groups in total. The normalized spacial score (nSPS) is 17.6. The molecule has 1 heterocycles. The highest BCUT2D eigenvalue weighted by Gasteiger charge is 2.43. The van der Waals surface area contributed by atoms with Crippen molar-refractivity contribution in [3.8, 4) is 0 Å². The van der Waals surface area contributed by atoms with E-state index in [2.05, 4.69) is 0 Å². The Kier molecular flexibility index (Phi) is 9.32. The van der Waals surface area contributed by atoms with Gasteiger partial charge in [-0.05, 0) is 74.2 Å². The van der Waals surface area contributed by atoms with E-state index in [1.807, 2.05) is 0 Å². The van der Waals surface area contributed by atoms with Gasteiger partial charge in [-0.3, -0.25) is 9.80 Å². The van der Waals surface area contributed by atoms with Crippen molar-refractivity contribution < 1.29 is 58.6 Å². The number of hydrogen-bond donors (Lipinski definition) is 0. The van der Waals surface area contributed by atoms with Crippen molar-refractivity contribution in [1.82, 2.24) is 4.90 Å². The van der Waals surface area contributed by atoms with Crippen LogP contribution in [0.25, 0.3) is 0 Å². The maximum Gasteiger partial charge on any atom is 0.416 e. The molecule has 6 nitrogen and oxygen atoms in total. The molecule has 0 spiro atoms. The number of fused-ring (bicyclic) bond motifs is 1. The molecule has 2 aromatic carbocycles. The molecule has 1 aliphatic rings. The quantitative estimate of drug-likeness (QED) is 0.317. The minimum Gasteiger partial charge on any atom is -0.453 e. The monoisotopic (exact) mass is 614 g/mol. The number of ether oxygens (including phenoxy) is 2. The molecule has 232 valence electrons. The molecule has 2 atom stereocenters. The predicted molar refractivity (Wildman–Crippen MR) is 131 cm³/mol. The zero-order valence-electron chi connectivity index (χ0n) is 22.7. The van der Waals surface area contributed by atoms with Gasteiger partial charge in [0.15, 0.2) is 0 Å². The molecule has 2 unspecified atom stereocenters. The highest BCUT2D eigenvalue weighted by atomic mass is 19.4. The third-order valence-electron chi connectivity index (χ3n) is 6.62. The second kappa shape index (κ2) is 11.9. The standard InChI is InChI=1S/C27H27F9N2O4/c1-5-19-12-22(20-11-16(25(28,29)30)6-7-21(20)38(19)24(40)42-14(2)3)37(23(39)41-4)13-15-8-17(26(31,32)33)10-18(9-15)27(34,35)36/h6-11,14,19,22H,5,12-13H2,1-4H3. The Morgan fingerprint density at radius 3 is 1.90 bits per heavy atom. The predicted octanol–water partition coefficient (Wildman–Crippen LogP) is 8.59. The van der Waals surface area contributed by atoms with Gasteiger partial charge in [-0.15, -0.1) is 0 Å². The highest BCUT2D eigenvalue weighted by molar-refractivity contribution is 5.90. The Morgan fingerprint density at radius 2 is 1.45 bits per heavy atom. The smallest absolute Gasteiger partial charge is 0.416 e. The van der Waals surface area contributed by atoms with E-state index in [0.29, 0.717) is 24.3 Å². The Bertz CT molecular complexity index is 1270. The van der Waals surface area contributed by atoms with Crippen molar-refractivity contribution in [3.63, 3.8) is 0 Å². The van der Waals surface area contributed by atoms with E-state index in [-0.39, 0.29) is 30.2 Å². The molecule has 0 aliphatic carbocycles. The summed E-state index contributed by atoms with van der Waals surface area (Å²) in [6, 6.07) is 1.06. The molecule has 0 fully saturated rings. The average molecular weight is 615 g/mol. The zero-order chi connectivity index (χ0) is 31.8. The number of halogens is 9. The largest absolute Gasteiger partial charge is 0.453 e. The van der Waals surface area contributed by atoms with Crippen molar-refractivity contribution in [2.75, 3.05) is 12.0 Å². The van der Waals surface area contributed by atoms with Gasteiger partial charge in [0.25, 0.3) is 0 Å². The maximum atomic E-state index is 13.7. The van der Waals surface area contributed by atoms with E-state index in [9.17, 15) is 49.1 Å². The average Bonchev–Trinajstić information content (AvgIpc) is 2.87. The Morgan fingerprint density at radius 1 is 0.905 bits per heavy atom. The molecular formula is C27H27F9N2O4. The van der Waals surface area contributed by atoms with Crippen LogP contribution in [0.1, 0.15) is 67.5 Å². The SMILES string of the molecule is CCC1CC(N(Cc2cc(C(F)(F)F)cc(C(F)(F)F)c2)C(=O)OC)c2cc(C(F)(F)F)ccc2N1C(=O)OC(C)C. The summed E-state index contributed by atoms with van der Waals surface area (Å²) in [7, 11) is 0.905. The molecule has 0 aromatic heterocycles. The summed E-state index contributed by atoms with van der Waals surface area (Å²) in [4.78, 5) is 27.8. The topological polar surface area (TPSA) is 59.1 Å². The first-order chi connectivity index (χ1) is 19.3. The number of anilines is 1. The second-order valence-corrected chi connectivity index (χ2v) is 9.90. The van der Waals surface area contributed by atoms with Crippen LogP contribution in [0.4, 0.5) is 54.8 Å². The van der Waals surface area contributed by atoms with Gasteiger partial charge >= 0.3 is 30.7 Å². The minimum atomic E-state index is -5.17. The number of benzene rings is 2. The van der Waals surface area contributed by atoms with Crippen LogP contribution in [0.2, 0.25) is 0 Å². The second-order valence-electron chi connectivity index (χ2n) is 9.90. The fraction of sp³-hybridized carbons (Fsp3) is 0.481. The van der Waals surface area contributed by atoms with E-state index in [1.54, 1.807) is 20.8 Å². The highest BCUT2D eigenvalue weighted by Crippen LogP contribution is 2.45. The maximum absolute atomic E-state index is 13.7. The first-order valence-corrected chi connectivity index (χ1v) is 12.6. The van der Waals surface area contributed by atoms with Gasteiger partial charge in [0, 0.05) is 12.6 Å². The molecule has 1 aliphatic heterocycles. The fourth-order valence-electron chi connectivity index (χ4n) is 4.78. The fourth-order valence-corrected chi connectivity index (χ4v) is 4.78. The van der Waals surface area contributed by atoms with Crippen LogP contribution in [0.3, 0.4) is 0 Å². The van der Waals surface area contributed by atoms with Crippen molar-refractivity contribution in [3.05, 3.63) is 64.2 Å². The first-order valence-electron chi connectivity index (χ1n) is 12.6. The molecule has 0 radical (unpaired) electrons. The number of hydrogen-bond acceptors (Lipinski definition) is 4. The van der Waals surface area contributed by atoms with E-state index >= 15 is 0 Å². The number of carbonyl (C=O) groups excluding carboxylic acids is 2. The van der Waals surface area contributed by atoms with Gasteiger partial charge in [-0.1, -0.05) is 6.92 Å². The molecule has 42 heavy (non-hydrogen) atoms. The molecule has 15 heteroatoms. The number of nitrogens with zero attached hydrogens (tertiary/aromatic N) is 2. The third-order valence-corrected chi connectivity index (χ3v) is 6.62. The molecular weight excluding hydrogens is 587 g/mol. The van der Waals surface area contributed by atoms with Gasteiger partial charge in [0.2, 0.25) is 0 Å². The van der Waals surface area contributed by atoms with Crippen molar-refractivity contribution >= 4 is 17.9 Å². The van der Waals surface area contributed by atoms with Gasteiger partial charge in [0.05, 0.1) is 41.6 Å². The number of methoxy groups -OCH3 is 1. The zero-order valence-corrected chi connectivity index (χ0v) is 22.7. The first kappa shape index (κ1) is 32.9. The third kappa shape index (κ3) is 7.21. The van der Waals surface area contributed by atoms with E-state index in [4.69, 9.17) is 9.47 Å². The molecule has 0 saturated heterocycles. The summed E-state index contributed by atoms with van der Waals surface area (Å²) in [5, 5.41) is 0. The van der Waals surface area contributed by atoms with Gasteiger partial charge < -0.3 is 9.47 Å². The Labute approximate surface area is 235 Å². The summed E-state index contributed by atoms with van der Waals surface area (Å²) >= 11 is 0. The lowest BCUT2D eigenvalue weighted by Crippen LogP contribution is -2.49. The van der Waals surface area contributed by atoms with Crippen LogP contribution >= 0.6 is 0 Å². The van der Waals surface area contributed by atoms with Crippen molar-refractivity contribution in [1.29, 1.82) is 0 Å². The number of carbonyl (C=O) groups is 2. The van der Waals surface area contributed by atoms with Gasteiger partial charge in [-0.25, -0.2) is 9.59 Å².